The van der Waals surface area contributed by atoms with Crippen LogP contribution < -0.4 is 10.9 Å². The molecule has 1 saturated carbocycles. The molecule has 0 spiro atoms. The second kappa shape index (κ2) is 8.62. The standard InChI is InChI=1S/C23H29N3O3S2/c1-29-22(28)20-16-6-3-2-4-8-18(16)31-21(20)24-23(30)25-11-14-10-15(13-25)17-7-5-9-19(27)26(17)12-14/h5,7,9,14-16,18H,2-4,6,8,10-13H2,1H3,(H,24,30)/t14-,15-,16-,18+/m0/s1. The molecule has 8 heteroatoms. The van der Waals surface area contributed by atoms with Crippen molar-refractivity contribution in [1.82, 2.24) is 14.8 Å². The number of aromatic nitrogens is 1. The highest BCUT2D eigenvalue weighted by Crippen LogP contribution is 2.47. The summed E-state index contributed by atoms with van der Waals surface area (Å²) in [5.74, 6) is 0.737. The van der Waals surface area contributed by atoms with E-state index in [2.05, 4.69) is 16.3 Å². The molecule has 0 unspecified atom stereocenters. The van der Waals surface area contributed by atoms with E-state index >= 15 is 0 Å². The SMILES string of the molecule is COC(=O)C1=C(NC(=S)N2C[C@@H]3C[C@@H](C2)c2cccc(=O)n2C3)S[C@@H]2CCCCC[C@H]12. The molecule has 166 valence electrons. The molecule has 1 aliphatic carbocycles. The van der Waals surface area contributed by atoms with E-state index in [1.807, 2.05) is 10.6 Å². The molecular formula is C23H29N3O3S2. The van der Waals surface area contributed by atoms with Crippen LogP contribution in [0.25, 0.3) is 0 Å². The topological polar surface area (TPSA) is 63.6 Å². The van der Waals surface area contributed by atoms with E-state index in [0.29, 0.717) is 22.2 Å². The third-order valence-corrected chi connectivity index (χ3v) is 9.01. The van der Waals surface area contributed by atoms with Crippen molar-refractivity contribution >= 4 is 35.1 Å². The van der Waals surface area contributed by atoms with E-state index in [-0.39, 0.29) is 17.4 Å². The summed E-state index contributed by atoms with van der Waals surface area (Å²) < 4.78 is 7.09. The highest BCUT2D eigenvalue weighted by atomic mass is 32.2. The van der Waals surface area contributed by atoms with Gasteiger partial charge in [0.1, 0.15) is 0 Å². The summed E-state index contributed by atoms with van der Waals surface area (Å²) in [5, 5.41) is 5.45. The third kappa shape index (κ3) is 3.93. The first-order valence-corrected chi connectivity index (χ1v) is 12.6. The molecule has 6 nitrogen and oxygen atoms in total. The molecule has 2 fully saturated rings. The van der Waals surface area contributed by atoms with Gasteiger partial charge in [0.15, 0.2) is 5.11 Å². The zero-order valence-electron chi connectivity index (χ0n) is 17.8. The largest absolute Gasteiger partial charge is 0.466 e. The van der Waals surface area contributed by atoms with Crippen molar-refractivity contribution in [3.8, 4) is 0 Å². The average molecular weight is 460 g/mol. The Morgan fingerprint density at radius 2 is 2.03 bits per heavy atom. The van der Waals surface area contributed by atoms with E-state index in [9.17, 15) is 9.59 Å². The number of hydrogen-bond donors (Lipinski definition) is 1. The average Bonchev–Trinajstić information content (AvgIpc) is 2.94. The highest BCUT2D eigenvalue weighted by Gasteiger charge is 2.41. The van der Waals surface area contributed by atoms with Crippen LogP contribution in [0.1, 0.15) is 50.1 Å². The predicted octanol–water partition coefficient (Wildman–Crippen LogP) is 3.22. The number of likely N-dealkylation sites (tertiary alicyclic amines) is 1. The van der Waals surface area contributed by atoms with E-state index in [1.165, 1.54) is 20.0 Å². The fourth-order valence-corrected chi connectivity index (χ4v) is 7.67. The van der Waals surface area contributed by atoms with Gasteiger partial charge in [0.05, 0.1) is 17.7 Å². The van der Waals surface area contributed by atoms with Crippen LogP contribution in [-0.4, -0.2) is 46.0 Å². The van der Waals surface area contributed by atoms with Gasteiger partial charge in [-0.05, 0) is 43.5 Å². The summed E-state index contributed by atoms with van der Waals surface area (Å²) in [6, 6.07) is 5.58. The molecule has 2 bridgehead atoms. The number of piperidine rings is 1. The third-order valence-electron chi connectivity index (χ3n) is 7.23. The molecule has 1 aromatic heterocycles. The van der Waals surface area contributed by atoms with Crippen molar-refractivity contribution in [3.05, 3.63) is 44.8 Å². The quantitative estimate of drug-likeness (QED) is 0.538. The number of nitrogens with zero attached hydrogens (tertiary/aromatic N) is 2. The van der Waals surface area contributed by atoms with Gasteiger partial charge in [-0.25, -0.2) is 4.79 Å². The molecule has 0 radical (unpaired) electrons. The molecule has 0 amide bonds. The van der Waals surface area contributed by atoms with E-state index < -0.39 is 0 Å². The number of fused-ring (bicyclic) bond motifs is 5. The Morgan fingerprint density at radius 3 is 2.87 bits per heavy atom. The number of nitrogens with one attached hydrogen (secondary N) is 1. The summed E-state index contributed by atoms with van der Waals surface area (Å²) in [6.07, 6.45) is 6.89. The fourth-order valence-electron chi connectivity index (χ4n) is 5.82. The Kier molecular flexibility index (Phi) is 5.86. The highest BCUT2D eigenvalue weighted by molar-refractivity contribution is 8.04. The number of carbonyl (C=O) groups excluding carboxylic acids is 1. The Balaban J connectivity index is 1.35. The van der Waals surface area contributed by atoms with Gasteiger partial charge in [-0.3, -0.25) is 4.79 Å². The van der Waals surface area contributed by atoms with Crippen LogP contribution in [0.3, 0.4) is 0 Å². The number of thiocarbonyl (C=S) groups is 1. The number of thioether (sulfide) groups is 1. The van der Waals surface area contributed by atoms with Crippen LogP contribution in [0.15, 0.2) is 33.6 Å². The van der Waals surface area contributed by atoms with Crippen molar-refractivity contribution in [2.24, 2.45) is 11.8 Å². The van der Waals surface area contributed by atoms with Crippen molar-refractivity contribution in [2.45, 2.75) is 56.2 Å². The molecule has 4 atom stereocenters. The predicted molar refractivity (Wildman–Crippen MR) is 126 cm³/mol. The lowest BCUT2D eigenvalue weighted by molar-refractivity contribution is -0.136. The number of carbonyl (C=O) groups is 1. The summed E-state index contributed by atoms with van der Waals surface area (Å²) in [5.41, 5.74) is 1.99. The fraction of sp³-hybridized carbons (Fsp3) is 0.609. The minimum Gasteiger partial charge on any atom is -0.466 e. The van der Waals surface area contributed by atoms with Crippen LogP contribution in [0.5, 0.6) is 0 Å². The van der Waals surface area contributed by atoms with Crippen LogP contribution in [0, 0.1) is 11.8 Å². The number of hydrogen-bond acceptors (Lipinski definition) is 5. The van der Waals surface area contributed by atoms with Gasteiger partial charge in [0.2, 0.25) is 0 Å². The number of esters is 1. The lowest BCUT2D eigenvalue weighted by atomic mass is 9.83. The van der Waals surface area contributed by atoms with Crippen molar-refractivity contribution in [2.75, 3.05) is 20.2 Å². The molecule has 3 aliphatic heterocycles. The number of pyridine rings is 1. The Bertz CT molecular complexity index is 989. The van der Waals surface area contributed by atoms with Gasteiger partial charge in [0.25, 0.3) is 5.56 Å². The van der Waals surface area contributed by atoms with Crippen molar-refractivity contribution in [3.63, 3.8) is 0 Å². The first kappa shape index (κ1) is 21.1. The van der Waals surface area contributed by atoms with E-state index in [0.717, 1.165) is 61.6 Å². The lowest BCUT2D eigenvalue weighted by Crippen LogP contribution is -2.51. The number of rotatable bonds is 2. The smallest absolute Gasteiger partial charge is 0.336 e. The van der Waals surface area contributed by atoms with Gasteiger partial charge in [-0.1, -0.05) is 25.3 Å². The van der Waals surface area contributed by atoms with Gasteiger partial charge in [-0.15, -0.1) is 11.8 Å². The van der Waals surface area contributed by atoms with Crippen molar-refractivity contribution < 1.29 is 9.53 Å². The summed E-state index contributed by atoms with van der Waals surface area (Å²) in [6.45, 7) is 2.38. The van der Waals surface area contributed by atoms with E-state index in [4.69, 9.17) is 17.0 Å². The van der Waals surface area contributed by atoms with Crippen LogP contribution in [0.2, 0.25) is 0 Å². The minimum absolute atomic E-state index is 0.0927. The van der Waals surface area contributed by atoms with Gasteiger partial charge >= 0.3 is 5.97 Å². The van der Waals surface area contributed by atoms with Gasteiger partial charge < -0.3 is 19.5 Å². The summed E-state index contributed by atoms with van der Waals surface area (Å²) in [4.78, 5) is 27.2. The Hall–Kier alpha value is -1.80. The molecule has 0 aromatic carbocycles. The van der Waals surface area contributed by atoms with E-state index in [1.54, 1.807) is 17.8 Å². The molecule has 1 saturated heterocycles. The van der Waals surface area contributed by atoms with Gasteiger partial charge in [0, 0.05) is 48.5 Å². The summed E-state index contributed by atoms with van der Waals surface area (Å²) >= 11 is 7.60. The molecule has 5 rings (SSSR count). The maximum Gasteiger partial charge on any atom is 0.336 e. The monoisotopic (exact) mass is 459 g/mol. The maximum atomic E-state index is 12.7. The number of ether oxygens (including phenoxy) is 1. The lowest BCUT2D eigenvalue weighted by Gasteiger charge is -2.43. The van der Waals surface area contributed by atoms with Crippen LogP contribution >= 0.6 is 24.0 Å². The normalized spacial score (nSPS) is 29.6. The van der Waals surface area contributed by atoms with Crippen LogP contribution in [-0.2, 0) is 16.1 Å². The Morgan fingerprint density at radius 1 is 1.19 bits per heavy atom. The maximum absolute atomic E-state index is 12.7. The zero-order chi connectivity index (χ0) is 21.5. The van der Waals surface area contributed by atoms with Crippen molar-refractivity contribution in [1.29, 1.82) is 0 Å². The molecule has 4 heterocycles. The second-order valence-corrected chi connectivity index (χ2v) is 10.8. The zero-order valence-corrected chi connectivity index (χ0v) is 19.5. The first-order chi connectivity index (χ1) is 15.0. The molecule has 4 aliphatic rings. The second-order valence-electron chi connectivity index (χ2n) is 9.17. The molecule has 1 aromatic rings. The first-order valence-electron chi connectivity index (χ1n) is 11.3. The number of methoxy groups -OCH3 is 1. The van der Waals surface area contributed by atoms with Gasteiger partial charge in [-0.2, -0.15) is 0 Å². The molecular weight excluding hydrogens is 430 g/mol. The Labute approximate surface area is 192 Å². The summed E-state index contributed by atoms with van der Waals surface area (Å²) in [7, 11) is 1.46. The molecule has 1 N–H and O–H groups in total. The molecule has 31 heavy (non-hydrogen) atoms. The minimum atomic E-state index is -0.226. The van der Waals surface area contributed by atoms with Crippen LogP contribution in [0.4, 0.5) is 0 Å².